The quantitative estimate of drug-likeness (QED) is 0.895. The van der Waals surface area contributed by atoms with Crippen LogP contribution in [0.4, 0.5) is 5.69 Å². The monoisotopic (exact) mass is 255 g/mol. The SMILES string of the molecule is CC[C@@H](C)C(=O)Nc1cccc(S(C)(=O)=O)c1. The average molecular weight is 255 g/mol. The van der Waals surface area contributed by atoms with Crippen molar-refractivity contribution in [3.8, 4) is 0 Å². The van der Waals surface area contributed by atoms with Crippen molar-refractivity contribution < 1.29 is 13.2 Å². The number of benzene rings is 1. The molecule has 0 spiro atoms. The van der Waals surface area contributed by atoms with E-state index in [0.29, 0.717) is 5.69 Å². The Balaban J connectivity index is 2.91. The maximum Gasteiger partial charge on any atom is 0.227 e. The fourth-order valence-electron chi connectivity index (χ4n) is 1.26. The molecule has 0 saturated carbocycles. The molecule has 0 aliphatic carbocycles. The van der Waals surface area contributed by atoms with Gasteiger partial charge in [0.1, 0.15) is 0 Å². The molecular weight excluding hydrogens is 238 g/mol. The standard InChI is InChI=1S/C12H17NO3S/c1-4-9(2)12(14)13-10-6-5-7-11(8-10)17(3,15)16/h5-9H,4H2,1-3H3,(H,13,14)/t9-/m1/s1. The fourth-order valence-corrected chi connectivity index (χ4v) is 1.92. The van der Waals surface area contributed by atoms with E-state index < -0.39 is 9.84 Å². The molecule has 17 heavy (non-hydrogen) atoms. The summed E-state index contributed by atoms with van der Waals surface area (Å²) < 4.78 is 22.7. The van der Waals surface area contributed by atoms with Crippen LogP contribution in [-0.4, -0.2) is 20.6 Å². The molecule has 0 fully saturated rings. The highest BCUT2D eigenvalue weighted by Crippen LogP contribution is 2.16. The molecule has 0 aromatic heterocycles. The van der Waals surface area contributed by atoms with Gasteiger partial charge in [-0.15, -0.1) is 0 Å². The van der Waals surface area contributed by atoms with Gasteiger partial charge in [0, 0.05) is 17.9 Å². The lowest BCUT2D eigenvalue weighted by atomic mass is 10.1. The number of carbonyl (C=O) groups is 1. The lowest BCUT2D eigenvalue weighted by Gasteiger charge is -2.10. The van der Waals surface area contributed by atoms with Crippen LogP contribution in [0.5, 0.6) is 0 Å². The van der Waals surface area contributed by atoms with E-state index in [0.717, 1.165) is 12.7 Å². The van der Waals surface area contributed by atoms with Gasteiger partial charge in [-0.1, -0.05) is 19.9 Å². The molecule has 0 aliphatic heterocycles. The Labute approximate surface area is 102 Å². The van der Waals surface area contributed by atoms with E-state index in [4.69, 9.17) is 0 Å². The second-order valence-electron chi connectivity index (χ2n) is 4.10. The number of amides is 1. The van der Waals surface area contributed by atoms with Crippen LogP contribution in [0.3, 0.4) is 0 Å². The summed E-state index contributed by atoms with van der Waals surface area (Å²) in [6.07, 6.45) is 1.89. The minimum atomic E-state index is -3.24. The molecular formula is C12H17NO3S. The zero-order valence-electron chi connectivity index (χ0n) is 10.2. The van der Waals surface area contributed by atoms with Gasteiger partial charge in [0.2, 0.25) is 5.91 Å². The van der Waals surface area contributed by atoms with Crippen molar-refractivity contribution in [2.45, 2.75) is 25.2 Å². The third kappa shape index (κ3) is 3.85. The Morgan fingerprint density at radius 3 is 2.59 bits per heavy atom. The van der Waals surface area contributed by atoms with E-state index in [1.807, 2.05) is 13.8 Å². The van der Waals surface area contributed by atoms with Gasteiger partial charge in [-0.05, 0) is 24.6 Å². The van der Waals surface area contributed by atoms with Crippen LogP contribution in [0.15, 0.2) is 29.2 Å². The highest BCUT2D eigenvalue weighted by molar-refractivity contribution is 7.90. The van der Waals surface area contributed by atoms with Crippen molar-refractivity contribution in [1.82, 2.24) is 0 Å². The summed E-state index contributed by atoms with van der Waals surface area (Å²) in [7, 11) is -3.24. The van der Waals surface area contributed by atoms with Crippen molar-refractivity contribution in [3.63, 3.8) is 0 Å². The molecule has 1 N–H and O–H groups in total. The minimum absolute atomic E-state index is 0.0862. The summed E-state index contributed by atoms with van der Waals surface area (Å²) >= 11 is 0. The van der Waals surface area contributed by atoms with E-state index >= 15 is 0 Å². The number of carbonyl (C=O) groups excluding carboxylic acids is 1. The fraction of sp³-hybridized carbons (Fsp3) is 0.417. The Morgan fingerprint density at radius 1 is 1.41 bits per heavy atom. The van der Waals surface area contributed by atoms with Crippen LogP contribution >= 0.6 is 0 Å². The minimum Gasteiger partial charge on any atom is -0.326 e. The molecule has 1 aromatic rings. The van der Waals surface area contributed by atoms with Gasteiger partial charge in [-0.25, -0.2) is 8.42 Å². The van der Waals surface area contributed by atoms with E-state index in [1.165, 1.54) is 12.1 Å². The summed E-state index contributed by atoms with van der Waals surface area (Å²) in [5.74, 6) is -0.185. The molecule has 94 valence electrons. The Hall–Kier alpha value is -1.36. The van der Waals surface area contributed by atoms with Crippen molar-refractivity contribution in [2.75, 3.05) is 11.6 Å². The number of hydrogen-bond acceptors (Lipinski definition) is 3. The van der Waals surface area contributed by atoms with E-state index in [2.05, 4.69) is 5.32 Å². The predicted molar refractivity (Wildman–Crippen MR) is 67.6 cm³/mol. The van der Waals surface area contributed by atoms with Crippen LogP contribution in [0.25, 0.3) is 0 Å². The summed E-state index contributed by atoms with van der Waals surface area (Å²) in [6, 6.07) is 6.27. The van der Waals surface area contributed by atoms with Crippen LogP contribution in [0.2, 0.25) is 0 Å². The molecule has 1 atom stereocenters. The Kier molecular flexibility index (Phi) is 4.28. The molecule has 0 saturated heterocycles. The normalized spacial score (nSPS) is 13.1. The molecule has 0 heterocycles. The summed E-state index contributed by atoms with van der Waals surface area (Å²) in [5.41, 5.74) is 0.512. The maximum absolute atomic E-state index is 11.6. The zero-order valence-corrected chi connectivity index (χ0v) is 11.0. The Bertz CT molecular complexity index is 508. The lowest BCUT2D eigenvalue weighted by Crippen LogP contribution is -2.19. The second-order valence-corrected chi connectivity index (χ2v) is 6.11. The molecule has 1 amide bonds. The van der Waals surface area contributed by atoms with Crippen LogP contribution in [0, 0.1) is 5.92 Å². The van der Waals surface area contributed by atoms with Crippen molar-refractivity contribution >= 4 is 21.4 Å². The molecule has 4 nitrogen and oxygen atoms in total. The molecule has 5 heteroatoms. The van der Waals surface area contributed by atoms with Crippen molar-refractivity contribution in [3.05, 3.63) is 24.3 Å². The number of rotatable bonds is 4. The first-order valence-corrected chi connectivity index (χ1v) is 7.34. The zero-order chi connectivity index (χ0) is 13.1. The number of sulfone groups is 1. The van der Waals surface area contributed by atoms with Crippen LogP contribution in [0.1, 0.15) is 20.3 Å². The predicted octanol–water partition coefficient (Wildman–Crippen LogP) is 2.07. The largest absolute Gasteiger partial charge is 0.326 e. The lowest BCUT2D eigenvalue weighted by molar-refractivity contribution is -0.119. The molecule has 0 aliphatic rings. The smallest absolute Gasteiger partial charge is 0.227 e. The molecule has 1 aromatic carbocycles. The topological polar surface area (TPSA) is 63.2 Å². The molecule has 0 radical (unpaired) electrons. The van der Waals surface area contributed by atoms with Gasteiger partial charge in [-0.3, -0.25) is 4.79 Å². The maximum atomic E-state index is 11.6. The van der Waals surface area contributed by atoms with Gasteiger partial charge < -0.3 is 5.32 Å². The van der Waals surface area contributed by atoms with Gasteiger partial charge in [0.25, 0.3) is 0 Å². The number of anilines is 1. The molecule has 1 rings (SSSR count). The first-order chi connectivity index (χ1) is 7.84. The highest BCUT2D eigenvalue weighted by Gasteiger charge is 2.12. The number of nitrogens with one attached hydrogen (secondary N) is 1. The highest BCUT2D eigenvalue weighted by atomic mass is 32.2. The summed E-state index contributed by atoms with van der Waals surface area (Å²) in [5, 5.41) is 2.70. The van der Waals surface area contributed by atoms with Crippen LogP contribution < -0.4 is 5.32 Å². The van der Waals surface area contributed by atoms with Crippen molar-refractivity contribution in [2.24, 2.45) is 5.92 Å². The molecule has 0 bridgehead atoms. The van der Waals surface area contributed by atoms with Crippen LogP contribution in [-0.2, 0) is 14.6 Å². The van der Waals surface area contributed by atoms with Gasteiger partial charge in [0.15, 0.2) is 9.84 Å². The van der Waals surface area contributed by atoms with E-state index in [1.54, 1.807) is 12.1 Å². The van der Waals surface area contributed by atoms with Gasteiger partial charge in [0.05, 0.1) is 4.90 Å². The van der Waals surface area contributed by atoms with Gasteiger partial charge >= 0.3 is 0 Å². The van der Waals surface area contributed by atoms with E-state index in [9.17, 15) is 13.2 Å². The Morgan fingerprint density at radius 2 is 2.06 bits per heavy atom. The third-order valence-electron chi connectivity index (χ3n) is 2.59. The van der Waals surface area contributed by atoms with Crippen molar-refractivity contribution in [1.29, 1.82) is 0 Å². The van der Waals surface area contributed by atoms with E-state index in [-0.39, 0.29) is 16.7 Å². The first kappa shape index (κ1) is 13.7. The first-order valence-electron chi connectivity index (χ1n) is 5.45. The second kappa shape index (κ2) is 5.31. The van der Waals surface area contributed by atoms with Gasteiger partial charge in [-0.2, -0.15) is 0 Å². The average Bonchev–Trinajstić information content (AvgIpc) is 2.27. The molecule has 0 unspecified atom stereocenters. The summed E-state index contributed by atoms with van der Waals surface area (Å²) in [6.45, 7) is 3.76. The number of hydrogen-bond donors (Lipinski definition) is 1. The summed E-state index contributed by atoms with van der Waals surface area (Å²) in [4.78, 5) is 11.9. The third-order valence-corrected chi connectivity index (χ3v) is 3.70.